The average Bonchev–Trinajstić information content (AvgIpc) is 2.53. The minimum absolute atomic E-state index is 0.167. The van der Waals surface area contributed by atoms with Crippen molar-refractivity contribution in [2.75, 3.05) is 12.4 Å². The molecule has 2 rings (SSSR count). The number of amides is 1. The molecule has 0 aliphatic carbocycles. The van der Waals surface area contributed by atoms with Crippen LogP contribution in [-0.4, -0.2) is 17.9 Å². The first-order valence-corrected chi connectivity index (χ1v) is 7.12. The Hall–Kier alpha value is -2.36. The molecule has 4 heteroatoms. The van der Waals surface area contributed by atoms with Crippen LogP contribution in [0.2, 0.25) is 0 Å². The van der Waals surface area contributed by atoms with E-state index in [9.17, 15) is 4.79 Å². The van der Waals surface area contributed by atoms with Crippen LogP contribution >= 0.6 is 0 Å². The molecular formula is C17H21N3O. The van der Waals surface area contributed by atoms with Crippen LogP contribution < -0.4 is 10.6 Å². The molecule has 1 heterocycles. The Morgan fingerprint density at radius 1 is 1.14 bits per heavy atom. The average molecular weight is 283 g/mol. The Kier molecular flexibility index (Phi) is 4.93. The standard InChI is InChI=1S/C17H21N3O/c1-12(2)14-9-7-13(8-10-14)11-19-17(21)15-5-4-6-16(18-3)20-15/h4-10,12H,11H2,1-3H3,(H,18,20)(H,19,21). The molecule has 0 fully saturated rings. The van der Waals surface area contributed by atoms with Gasteiger partial charge in [0, 0.05) is 13.6 Å². The van der Waals surface area contributed by atoms with E-state index < -0.39 is 0 Å². The molecule has 1 amide bonds. The van der Waals surface area contributed by atoms with Gasteiger partial charge in [-0.2, -0.15) is 0 Å². The van der Waals surface area contributed by atoms with E-state index in [1.165, 1.54) is 5.56 Å². The predicted octanol–water partition coefficient (Wildman–Crippen LogP) is 3.18. The molecule has 0 saturated heterocycles. The third-order valence-electron chi connectivity index (χ3n) is 3.34. The Morgan fingerprint density at radius 2 is 1.86 bits per heavy atom. The van der Waals surface area contributed by atoms with Gasteiger partial charge in [-0.15, -0.1) is 0 Å². The Bertz CT molecular complexity index is 606. The van der Waals surface area contributed by atoms with Crippen molar-refractivity contribution in [2.45, 2.75) is 26.3 Å². The summed E-state index contributed by atoms with van der Waals surface area (Å²) in [4.78, 5) is 16.3. The number of aromatic nitrogens is 1. The fourth-order valence-corrected chi connectivity index (χ4v) is 1.99. The Morgan fingerprint density at radius 3 is 2.48 bits per heavy atom. The smallest absolute Gasteiger partial charge is 0.270 e. The van der Waals surface area contributed by atoms with E-state index in [2.05, 4.69) is 41.6 Å². The molecule has 2 aromatic rings. The molecule has 1 aromatic carbocycles. The summed E-state index contributed by atoms with van der Waals surface area (Å²) in [6.45, 7) is 4.83. The highest BCUT2D eigenvalue weighted by Gasteiger charge is 2.07. The third-order valence-corrected chi connectivity index (χ3v) is 3.34. The minimum atomic E-state index is -0.167. The Balaban J connectivity index is 1.97. The first-order chi connectivity index (χ1) is 10.1. The normalized spacial score (nSPS) is 10.5. The SMILES string of the molecule is CNc1cccc(C(=O)NCc2ccc(C(C)C)cc2)n1. The zero-order valence-electron chi connectivity index (χ0n) is 12.7. The van der Waals surface area contributed by atoms with E-state index in [0.717, 1.165) is 5.56 Å². The van der Waals surface area contributed by atoms with Gasteiger partial charge in [-0.1, -0.05) is 44.2 Å². The van der Waals surface area contributed by atoms with E-state index in [1.54, 1.807) is 13.1 Å². The lowest BCUT2D eigenvalue weighted by Gasteiger charge is -2.08. The molecule has 110 valence electrons. The number of hydrogen-bond acceptors (Lipinski definition) is 3. The van der Waals surface area contributed by atoms with Gasteiger partial charge in [-0.25, -0.2) is 4.98 Å². The van der Waals surface area contributed by atoms with Crippen molar-refractivity contribution < 1.29 is 4.79 Å². The molecule has 1 aromatic heterocycles. The van der Waals surface area contributed by atoms with Crippen LogP contribution in [0.5, 0.6) is 0 Å². The highest BCUT2D eigenvalue weighted by atomic mass is 16.1. The van der Waals surface area contributed by atoms with Crippen LogP contribution in [0.25, 0.3) is 0 Å². The first kappa shape index (κ1) is 15.0. The third kappa shape index (κ3) is 4.05. The summed E-state index contributed by atoms with van der Waals surface area (Å²) in [6, 6.07) is 13.6. The maximum atomic E-state index is 12.1. The van der Waals surface area contributed by atoms with Crippen molar-refractivity contribution in [1.82, 2.24) is 10.3 Å². The molecule has 4 nitrogen and oxygen atoms in total. The van der Waals surface area contributed by atoms with Crippen LogP contribution in [0.15, 0.2) is 42.5 Å². The fourth-order valence-electron chi connectivity index (χ4n) is 1.99. The van der Waals surface area contributed by atoms with Crippen LogP contribution in [-0.2, 0) is 6.54 Å². The number of anilines is 1. The van der Waals surface area contributed by atoms with Crippen LogP contribution in [0.4, 0.5) is 5.82 Å². The summed E-state index contributed by atoms with van der Waals surface area (Å²) >= 11 is 0. The van der Waals surface area contributed by atoms with Crippen molar-refractivity contribution in [2.24, 2.45) is 0 Å². The van der Waals surface area contributed by atoms with E-state index in [-0.39, 0.29) is 5.91 Å². The van der Waals surface area contributed by atoms with E-state index in [0.29, 0.717) is 24.0 Å². The largest absolute Gasteiger partial charge is 0.373 e. The lowest BCUT2D eigenvalue weighted by atomic mass is 10.0. The van der Waals surface area contributed by atoms with Crippen molar-refractivity contribution in [3.63, 3.8) is 0 Å². The van der Waals surface area contributed by atoms with Gasteiger partial charge in [0.1, 0.15) is 11.5 Å². The maximum absolute atomic E-state index is 12.1. The number of carbonyl (C=O) groups is 1. The molecule has 0 saturated carbocycles. The van der Waals surface area contributed by atoms with Crippen molar-refractivity contribution >= 4 is 11.7 Å². The predicted molar refractivity (Wildman–Crippen MR) is 85.5 cm³/mol. The Labute approximate surface area is 125 Å². The molecule has 0 aliphatic rings. The molecule has 0 unspecified atom stereocenters. The summed E-state index contributed by atoms with van der Waals surface area (Å²) in [6.07, 6.45) is 0. The maximum Gasteiger partial charge on any atom is 0.270 e. The molecular weight excluding hydrogens is 262 g/mol. The van der Waals surface area contributed by atoms with Gasteiger partial charge in [0.05, 0.1) is 0 Å². The quantitative estimate of drug-likeness (QED) is 0.886. The number of pyridine rings is 1. The number of hydrogen-bond donors (Lipinski definition) is 2. The molecule has 21 heavy (non-hydrogen) atoms. The summed E-state index contributed by atoms with van der Waals surface area (Å²) < 4.78 is 0. The second-order valence-electron chi connectivity index (χ2n) is 5.24. The minimum Gasteiger partial charge on any atom is -0.373 e. The fraction of sp³-hybridized carbons (Fsp3) is 0.294. The summed E-state index contributed by atoms with van der Waals surface area (Å²) in [5, 5.41) is 5.81. The number of carbonyl (C=O) groups excluding carboxylic acids is 1. The number of rotatable bonds is 5. The molecule has 0 radical (unpaired) electrons. The van der Waals surface area contributed by atoms with Crippen LogP contribution in [0.1, 0.15) is 41.4 Å². The van der Waals surface area contributed by atoms with Crippen LogP contribution in [0.3, 0.4) is 0 Å². The first-order valence-electron chi connectivity index (χ1n) is 7.12. The highest BCUT2D eigenvalue weighted by Crippen LogP contribution is 2.14. The molecule has 0 atom stereocenters. The number of nitrogens with one attached hydrogen (secondary N) is 2. The second kappa shape index (κ2) is 6.88. The highest BCUT2D eigenvalue weighted by molar-refractivity contribution is 5.92. The van der Waals surface area contributed by atoms with Crippen molar-refractivity contribution in [3.8, 4) is 0 Å². The zero-order chi connectivity index (χ0) is 15.2. The van der Waals surface area contributed by atoms with Gasteiger partial charge < -0.3 is 10.6 Å². The molecule has 2 N–H and O–H groups in total. The van der Waals surface area contributed by atoms with Gasteiger partial charge in [0.15, 0.2) is 0 Å². The van der Waals surface area contributed by atoms with E-state index >= 15 is 0 Å². The molecule has 0 bridgehead atoms. The van der Waals surface area contributed by atoms with Gasteiger partial charge >= 0.3 is 0 Å². The number of nitrogens with zero attached hydrogens (tertiary/aromatic N) is 1. The monoisotopic (exact) mass is 283 g/mol. The lowest BCUT2D eigenvalue weighted by molar-refractivity contribution is 0.0946. The van der Waals surface area contributed by atoms with E-state index in [1.807, 2.05) is 24.3 Å². The van der Waals surface area contributed by atoms with E-state index in [4.69, 9.17) is 0 Å². The van der Waals surface area contributed by atoms with Gasteiger partial charge in [0.25, 0.3) is 5.91 Å². The topological polar surface area (TPSA) is 54.0 Å². The molecule has 0 aliphatic heterocycles. The summed E-state index contributed by atoms with van der Waals surface area (Å²) in [5.41, 5.74) is 2.80. The van der Waals surface area contributed by atoms with Gasteiger partial charge in [0.2, 0.25) is 0 Å². The van der Waals surface area contributed by atoms with Gasteiger partial charge in [-0.3, -0.25) is 4.79 Å². The second-order valence-corrected chi connectivity index (χ2v) is 5.24. The molecule has 0 spiro atoms. The van der Waals surface area contributed by atoms with Crippen molar-refractivity contribution in [1.29, 1.82) is 0 Å². The number of benzene rings is 1. The van der Waals surface area contributed by atoms with Crippen LogP contribution in [0, 0.1) is 0 Å². The lowest BCUT2D eigenvalue weighted by Crippen LogP contribution is -2.24. The van der Waals surface area contributed by atoms with Gasteiger partial charge in [-0.05, 0) is 29.2 Å². The van der Waals surface area contributed by atoms with Crippen molar-refractivity contribution in [3.05, 3.63) is 59.3 Å². The zero-order valence-corrected chi connectivity index (χ0v) is 12.7. The summed E-state index contributed by atoms with van der Waals surface area (Å²) in [5.74, 6) is 1.03. The summed E-state index contributed by atoms with van der Waals surface area (Å²) in [7, 11) is 1.78.